The van der Waals surface area contributed by atoms with Crippen molar-refractivity contribution in [2.45, 2.75) is 4.05 Å². The molecule has 118 valence electrons. The maximum atomic E-state index is 4.74. The lowest BCUT2D eigenvalue weighted by molar-refractivity contribution is 1.07. The zero-order chi connectivity index (χ0) is 16.8. The van der Waals surface area contributed by atoms with Gasteiger partial charge in [0.2, 0.25) is 0 Å². The maximum Gasteiger partial charge on any atom is 0.155 e. The van der Waals surface area contributed by atoms with Crippen LogP contribution in [-0.2, 0) is 0 Å². The summed E-state index contributed by atoms with van der Waals surface area (Å²) in [6.07, 6.45) is 0. The fraction of sp³-hybridized carbons (Fsp3) is 0.0476. The van der Waals surface area contributed by atoms with E-state index in [9.17, 15) is 0 Å². The SMILES string of the molecule is C=N/C(=N\C(I)c1ccccc1)c1cccc(-c2ccccc2)c1. The van der Waals surface area contributed by atoms with E-state index >= 15 is 0 Å². The van der Waals surface area contributed by atoms with Gasteiger partial charge < -0.3 is 0 Å². The molecule has 0 N–H and O–H groups in total. The number of amidine groups is 1. The predicted octanol–water partition coefficient (Wildman–Crippen LogP) is 5.93. The van der Waals surface area contributed by atoms with Crippen molar-refractivity contribution in [3.8, 4) is 11.1 Å². The van der Waals surface area contributed by atoms with Crippen LogP contribution < -0.4 is 0 Å². The van der Waals surface area contributed by atoms with Crippen LogP contribution in [0.4, 0.5) is 0 Å². The van der Waals surface area contributed by atoms with E-state index in [1.165, 1.54) is 5.56 Å². The molecule has 3 aromatic rings. The van der Waals surface area contributed by atoms with Gasteiger partial charge in [-0.15, -0.1) is 0 Å². The summed E-state index contributed by atoms with van der Waals surface area (Å²) in [6.45, 7) is 3.70. The van der Waals surface area contributed by atoms with Gasteiger partial charge in [-0.3, -0.25) is 0 Å². The first-order valence-corrected chi connectivity index (χ1v) is 8.92. The zero-order valence-electron chi connectivity index (χ0n) is 13.1. The van der Waals surface area contributed by atoms with E-state index in [-0.39, 0.29) is 4.05 Å². The molecule has 3 rings (SSSR count). The third kappa shape index (κ3) is 3.97. The number of hydrogen-bond acceptors (Lipinski definition) is 1. The number of nitrogens with zero attached hydrogens (tertiary/aromatic N) is 2. The van der Waals surface area contributed by atoms with Crippen molar-refractivity contribution in [3.63, 3.8) is 0 Å². The van der Waals surface area contributed by atoms with Gasteiger partial charge in [0.1, 0.15) is 4.05 Å². The fourth-order valence-corrected chi connectivity index (χ4v) is 3.15. The Kier molecular flexibility index (Phi) is 5.54. The van der Waals surface area contributed by atoms with Gasteiger partial charge in [0.05, 0.1) is 0 Å². The molecule has 0 aliphatic carbocycles. The highest BCUT2D eigenvalue weighted by Crippen LogP contribution is 2.26. The van der Waals surface area contributed by atoms with Crippen LogP contribution in [0.25, 0.3) is 11.1 Å². The largest absolute Gasteiger partial charge is 0.247 e. The average molecular weight is 424 g/mol. The van der Waals surface area contributed by atoms with Crippen molar-refractivity contribution < 1.29 is 0 Å². The van der Waals surface area contributed by atoms with Crippen LogP contribution in [0.5, 0.6) is 0 Å². The molecule has 0 saturated carbocycles. The normalized spacial score (nSPS) is 12.6. The molecule has 1 atom stereocenters. The molecule has 2 nitrogen and oxygen atoms in total. The Bertz CT molecular complexity index is 842. The first-order chi connectivity index (χ1) is 11.8. The molecular weight excluding hydrogens is 407 g/mol. The minimum Gasteiger partial charge on any atom is -0.247 e. The van der Waals surface area contributed by atoms with Gasteiger partial charge in [-0.1, -0.05) is 101 Å². The number of benzene rings is 3. The summed E-state index contributed by atoms with van der Waals surface area (Å²) in [4.78, 5) is 8.90. The highest BCUT2D eigenvalue weighted by Gasteiger charge is 2.09. The Balaban J connectivity index is 1.94. The van der Waals surface area contributed by atoms with Crippen LogP contribution >= 0.6 is 22.6 Å². The summed E-state index contributed by atoms with van der Waals surface area (Å²) in [5.41, 5.74) is 4.45. The van der Waals surface area contributed by atoms with Gasteiger partial charge >= 0.3 is 0 Å². The Morgan fingerprint density at radius 3 is 2.08 bits per heavy atom. The third-order valence-electron chi connectivity index (χ3n) is 3.69. The maximum absolute atomic E-state index is 4.74. The molecule has 0 amide bonds. The Hall–Kier alpha value is -2.27. The first-order valence-electron chi connectivity index (χ1n) is 7.67. The average Bonchev–Trinajstić information content (AvgIpc) is 2.67. The second kappa shape index (κ2) is 8.02. The Morgan fingerprint density at radius 1 is 0.792 bits per heavy atom. The standard InChI is InChI=1S/C21H17IN2/c1-23-21(24-20(22)17-11-6-3-7-12-17)19-14-8-13-18(15-19)16-9-4-2-5-10-16/h2-15,20H,1H2/b24-21-. The zero-order valence-corrected chi connectivity index (χ0v) is 15.3. The van der Waals surface area contributed by atoms with Crippen molar-refractivity contribution in [2.75, 3.05) is 0 Å². The lowest BCUT2D eigenvalue weighted by Gasteiger charge is -2.09. The smallest absolute Gasteiger partial charge is 0.155 e. The number of alkyl halides is 1. The van der Waals surface area contributed by atoms with E-state index in [2.05, 4.69) is 70.7 Å². The summed E-state index contributed by atoms with van der Waals surface area (Å²) >= 11 is 2.32. The summed E-state index contributed by atoms with van der Waals surface area (Å²) in [7, 11) is 0. The number of halogens is 1. The van der Waals surface area contributed by atoms with E-state index in [4.69, 9.17) is 4.99 Å². The molecule has 0 saturated heterocycles. The van der Waals surface area contributed by atoms with Gasteiger partial charge in [0.15, 0.2) is 5.84 Å². The number of aliphatic imine (C=N–C) groups is 2. The van der Waals surface area contributed by atoms with Gasteiger partial charge in [-0.25, -0.2) is 9.98 Å². The molecule has 3 aromatic carbocycles. The lowest BCUT2D eigenvalue weighted by Crippen LogP contribution is -1.99. The van der Waals surface area contributed by atoms with Crippen molar-refractivity contribution in [1.29, 1.82) is 0 Å². The van der Waals surface area contributed by atoms with Crippen molar-refractivity contribution in [3.05, 3.63) is 96.1 Å². The van der Waals surface area contributed by atoms with Gasteiger partial charge in [0, 0.05) is 5.56 Å². The molecule has 0 aliphatic rings. The van der Waals surface area contributed by atoms with Crippen LogP contribution in [0.1, 0.15) is 15.2 Å². The van der Waals surface area contributed by atoms with Crippen LogP contribution in [0.15, 0.2) is 94.9 Å². The van der Waals surface area contributed by atoms with Crippen LogP contribution in [0.2, 0.25) is 0 Å². The van der Waals surface area contributed by atoms with Crippen LogP contribution in [-0.4, -0.2) is 12.6 Å². The fourth-order valence-electron chi connectivity index (χ4n) is 2.47. The summed E-state index contributed by atoms with van der Waals surface area (Å²) in [5.74, 6) is 0.663. The molecule has 0 spiro atoms. The minimum absolute atomic E-state index is 0.00433. The lowest BCUT2D eigenvalue weighted by atomic mass is 10.0. The third-order valence-corrected chi connectivity index (χ3v) is 4.69. The molecule has 0 aromatic heterocycles. The molecule has 0 aliphatic heterocycles. The van der Waals surface area contributed by atoms with E-state index in [0.717, 1.165) is 16.7 Å². The van der Waals surface area contributed by atoms with Gasteiger partial charge in [-0.2, -0.15) is 0 Å². The first kappa shape index (κ1) is 16.6. The molecule has 0 fully saturated rings. The Morgan fingerprint density at radius 2 is 1.42 bits per heavy atom. The number of rotatable bonds is 4. The molecular formula is C21H17IN2. The van der Waals surface area contributed by atoms with E-state index < -0.39 is 0 Å². The molecule has 0 heterocycles. The Labute approximate surface area is 156 Å². The van der Waals surface area contributed by atoms with Crippen molar-refractivity contribution in [2.24, 2.45) is 9.98 Å². The molecule has 3 heteroatoms. The summed E-state index contributed by atoms with van der Waals surface area (Å²) in [6, 6.07) is 28.7. The van der Waals surface area contributed by atoms with Crippen LogP contribution in [0, 0.1) is 0 Å². The highest BCUT2D eigenvalue weighted by molar-refractivity contribution is 14.1. The van der Waals surface area contributed by atoms with Gasteiger partial charge in [-0.05, 0) is 29.5 Å². The van der Waals surface area contributed by atoms with E-state index in [1.807, 2.05) is 48.5 Å². The van der Waals surface area contributed by atoms with Gasteiger partial charge in [0.25, 0.3) is 0 Å². The quantitative estimate of drug-likeness (QED) is 0.163. The molecule has 0 bridgehead atoms. The number of hydrogen-bond donors (Lipinski definition) is 0. The monoisotopic (exact) mass is 424 g/mol. The second-order valence-corrected chi connectivity index (χ2v) is 6.48. The predicted molar refractivity (Wildman–Crippen MR) is 111 cm³/mol. The van der Waals surface area contributed by atoms with E-state index in [0.29, 0.717) is 5.84 Å². The van der Waals surface area contributed by atoms with Crippen molar-refractivity contribution in [1.82, 2.24) is 0 Å². The second-order valence-electron chi connectivity index (χ2n) is 5.30. The van der Waals surface area contributed by atoms with Crippen LogP contribution in [0.3, 0.4) is 0 Å². The van der Waals surface area contributed by atoms with Crippen molar-refractivity contribution >= 4 is 35.1 Å². The highest BCUT2D eigenvalue weighted by atomic mass is 127. The molecule has 0 radical (unpaired) electrons. The summed E-state index contributed by atoms with van der Waals surface area (Å²) < 4.78 is 0.00433. The topological polar surface area (TPSA) is 24.7 Å². The molecule has 1 unspecified atom stereocenters. The van der Waals surface area contributed by atoms with E-state index in [1.54, 1.807) is 0 Å². The summed E-state index contributed by atoms with van der Waals surface area (Å²) in [5, 5.41) is 0. The molecule has 24 heavy (non-hydrogen) atoms. The minimum atomic E-state index is 0.00433.